The van der Waals surface area contributed by atoms with Crippen LogP contribution in [0.4, 0.5) is 0 Å². The molecule has 27 heavy (non-hydrogen) atoms. The van der Waals surface area contributed by atoms with E-state index >= 15 is 0 Å². The van der Waals surface area contributed by atoms with E-state index in [-0.39, 0.29) is 11.9 Å². The second kappa shape index (κ2) is 7.63. The van der Waals surface area contributed by atoms with E-state index in [2.05, 4.69) is 17.2 Å². The second-order valence-corrected chi connectivity index (χ2v) is 8.38. The molecular weight excluding hydrogens is 338 g/mol. The van der Waals surface area contributed by atoms with Crippen LogP contribution in [0.2, 0.25) is 0 Å². The summed E-state index contributed by atoms with van der Waals surface area (Å²) in [5.41, 5.74) is 3.48. The van der Waals surface area contributed by atoms with Gasteiger partial charge in [-0.25, -0.2) is 4.98 Å². The summed E-state index contributed by atoms with van der Waals surface area (Å²) in [5.74, 6) is 1.11. The quantitative estimate of drug-likeness (QED) is 0.782. The third kappa shape index (κ3) is 3.62. The highest BCUT2D eigenvalue weighted by Gasteiger charge is 2.43. The Morgan fingerprint density at radius 1 is 1.30 bits per heavy atom. The predicted octanol–water partition coefficient (Wildman–Crippen LogP) is 4.05. The zero-order valence-corrected chi connectivity index (χ0v) is 16.7. The number of nitrogens with one attached hydrogen (secondary N) is 1. The zero-order chi connectivity index (χ0) is 19.0. The Hall–Kier alpha value is -1.88. The number of amides is 1. The summed E-state index contributed by atoms with van der Waals surface area (Å²) in [5, 5.41) is 3.35. The summed E-state index contributed by atoms with van der Waals surface area (Å²) in [6.45, 7) is 7.09. The third-order valence-corrected chi connectivity index (χ3v) is 6.39. The Morgan fingerprint density at radius 3 is 2.74 bits per heavy atom. The Labute approximate surface area is 161 Å². The minimum absolute atomic E-state index is 0.0160. The van der Waals surface area contributed by atoms with E-state index in [0.717, 1.165) is 42.9 Å². The molecule has 2 heterocycles. The van der Waals surface area contributed by atoms with Crippen LogP contribution in [-0.4, -0.2) is 34.0 Å². The number of aromatic nitrogens is 2. The Kier molecular flexibility index (Phi) is 5.22. The molecule has 2 saturated carbocycles. The maximum absolute atomic E-state index is 13.0. The van der Waals surface area contributed by atoms with Crippen LogP contribution in [0.1, 0.15) is 67.2 Å². The molecule has 2 fully saturated rings. The number of unbranched alkanes of at least 4 members (excludes halogenated alkanes) is 1. The van der Waals surface area contributed by atoms with Crippen molar-refractivity contribution in [2.24, 2.45) is 11.8 Å². The van der Waals surface area contributed by atoms with Gasteiger partial charge in [0, 0.05) is 30.2 Å². The van der Waals surface area contributed by atoms with Crippen LogP contribution < -0.4 is 5.32 Å². The van der Waals surface area contributed by atoms with Gasteiger partial charge in [-0.15, -0.1) is 0 Å². The lowest BCUT2D eigenvalue weighted by Crippen LogP contribution is -2.46. The molecule has 0 saturated heterocycles. The van der Waals surface area contributed by atoms with Crippen molar-refractivity contribution in [3.05, 3.63) is 35.3 Å². The topological polar surface area (TPSA) is 55.6 Å². The molecule has 0 aliphatic heterocycles. The number of carbonyl (C=O) groups excluding carboxylic acids is 1. The first-order valence-corrected chi connectivity index (χ1v) is 10.4. The van der Waals surface area contributed by atoms with Crippen LogP contribution in [-0.2, 0) is 4.74 Å². The molecule has 5 heteroatoms. The van der Waals surface area contributed by atoms with Gasteiger partial charge >= 0.3 is 0 Å². The lowest BCUT2D eigenvalue weighted by molar-refractivity contribution is -0.00119. The number of fused-ring (bicyclic) bond motifs is 3. The summed E-state index contributed by atoms with van der Waals surface area (Å²) in [6.07, 6.45) is 9.21. The molecule has 1 N–H and O–H groups in total. The number of carbonyl (C=O) groups is 1. The fourth-order valence-corrected chi connectivity index (χ4v) is 5.04. The van der Waals surface area contributed by atoms with Crippen LogP contribution in [0.15, 0.2) is 18.3 Å². The van der Waals surface area contributed by atoms with Gasteiger partial charge in [0.25, 0.3) is 5.91 Å². The van der Waals surface area contributed by atoms with E-state index in [1.165, 1.54) is 19.3 Å². The average Bonchev–Trinajstić information content (AvgIpc) is 3.14. The molecule has 1 amide bonds. The van der Waals surface area contributed by atoms with Crippen molar-refractivity contribution in [1.82, 2.24) is 14.7 Å². The van der Waals surface area contributed by atoms with Gasteiger partial charge in [-0.05, 0) is 69.9 Å². The standard InChI is InChI=1S/C22H31N3O2/c1-4-5-10-27-18-12-16-6-7-17(13-18)20(16)24-22(26)19-8-9-25-15(3)11-14(2)23-21(19)25/h8-9,11,16-18,20H,4-7,10,12-13H2,1-3H3,(H,24,26)/t16-,17+,18?,20?. The molecule has 4 atom stereocenters. The van der Waals surface area contributed by atoms with Crippen LogP contribution in [0.5, 0.6) is 0 Å². The first-order valence-electron chi connectivity index (χ1n) is 10.4. The molecule has 5 nitrogen and oxygen atoms in total. The van der Waals surface area contributed by atoms with Crippen molar-refractivity contribution in [1.29, 1.82) is 0 Å². The molecule has 2 unspecified atom stereocenters. The van der Waals surface area contributed by atoms with Crippen molar-refractivity contribution in [2.45, 2.75) is 71.4 Å². The molecule has 146 valence electrons. The van der Waals surface area contributed by atoms with Gasteiger partial charge in [-0.2, -0.15) is 0 Å². The molecule has 0 spiro atoms. The monoisotopic (exact) mass is 369 g/mol. The molecule has 2 bridgehead atoms. The normalized spacial score (nSPS) is 27.2. The maximum atomic E-state index is 13.0. The second-order valence-electron chi connectivity index (χ2n) is 8.38. The number of ether oxygens (including phenoxy) is 1. The van der Waals surface area contributed by atoms with Gasteiger partial charge in [0.05, 0.1) is 11.7 Å². The van der Waals surface area contributed by atoms with E-state index < -0.39 is 0 Å². The highest BCUT2D eigenvalue weighted by atomic mass is 16.5. The Morgan fingerprint density at radius 2 is 2.04 bits per heavy atom. The van der Waals surface area contributed by atoms with Crippen LogP contribution >= 0.6 is 0 Å². The molecular formula is C22H31N3O2. The number of aryl methyl sites for hydroxylation is 2. The van der Waals surface area contributed by atoms with E-state index in [1.54, 1.807) is 0 Å². The molecule has 2 aliphatic carbocycles. The lowest BCUT2D eigenvalue weighted by Gasteiger charge is -2.35. The van der Waals surface area contributed by atoms with Crippen molar-refractivity contribution in [3.8, 4) is 0 Å². The predicted molar refractivity (Wildman–Crippen MR) is 106 cm³/mol. The van der Waals surface area contributed by atoms with Gasteiger partial charge < -0.3 is 14.5 Å². The Bertz CT molecular complexity index is 814. The molecule has 2 aliphatic rings. The SMILES string of the molecule is CCCCOC1C[C@H]2CC[C@@H](C1)C2NC(=O)c1ccn2c(C)cc(C)nc12. The van der Waals surface area contributed by atoms with Crippen molar-refractivity contribution >= 4 is 11.6 Å². The smallest absolute Gasteiger partial charge is 0.255 e. The summed E-state index contributed by atoms with van der Waals surface area (Å²) >= 11 is 0. The van der Waals surface area contributed by atoms with Gasteiger partial charge in [0.1, 0.15) is 5.65 Å². The average molecular weight is 370 g/mol. The molecule has 0 radical (unpaired) electrons. The fourth-order valence-electron chi connectivity index (χ4n) is 5.04. The highest BCUT2D eigenvalue weighted by Crippen LogP contribution is 2.43. The highest BCUT2D eigenvalue weighted by molar-refractivity contribution is 6.00. The van der Waals surface area contributed by atoms with Crippen LogP contribution in [0.25, 0.3) is 5.65 Å². The number of hydrogen-bond donors (Lipinski definition) is 1. The largest absolute Gasteiger partial charge is 0.378 e. The van der Waals surface area contributed by atoms with Crippen LogP contribution in [0, 0.1) is 25.7 Å². The molecule has 4 rings (SSSR count). The maximum Gasteiger partial charge on any atom is 0.255 e. The number of rotatable bonds is 6. The van der Waals surface area contributed by atoms with Gasteiger partial charge in [-0.1, -0.05) is 13.3 Å². The molecule has 2 aromatic heterocycles. The van der Waals surface area contributed by atoms with Gasteiger partial charge in [-0.3, -0.25) is 4.79 Å². The van der Waals surface area contributed by atoms with Gasteiger partial charge in [0.15, 0.2) is 0 Å². The molecule has 0 aromatic carbocycles. The summed E-state index contributed by atoms with van der Waals surface area (Å²) in [4.78, 5) is 17.6. The van der Waals surface area contributed by atoms with Crippen molar-refractivity contribution < 1.29 is 9.53 Å². The van der Waals surface area contributed by atoms with Gasteiger partial charge in [0.2, 0.25) is 0 Å². The third-order valence-electron chi connectivity index (χ3n) is 6.39. The first-order chi connectivity index (χ1) is 13.1. The van der Waals surface area contributed by atoms with Crippen LogP contribution in [0.3, 0.4) is 0 Å². The van der Waals surface area contributed by atoms with Crippen molar-refractivity contribution in [2.75, 3.05) is 6.61 Å². The fraction of sp³-hybridized carbons (Fsp3) is 0.636. The zero-order valence-electron chi connectivity index (χ0n) is 16.7. The Balaban J connectivity index is 1.45. The van der Waals surface area contributed by atoms with Crippen molar-refractivity contribution in [3.63, 3.8) is 0 Å². The summed E-state index contributed by atoms with van der Waals surface area (Å²) < 4.78 is 8.08. The summed E-state index contributed by atoms with van der Waals surface area (Å²) in [7, 11) is 0. The summed E-state index contributed by atoms with van der Waals surface area (Å²) in [6, 6.07) is 4.21. The number of hydrogen-bond acceptors (Lipinski definition) is 3. The minimum Gasteiger partial charge on any atom is -0.378 e. The number of nitrogens with zero attached hydrogens (tertiary/aromatic N) is 2. The lowest BCUT2D eigenvalue weighted by atomic mass is 9.82. The molecule has 2 aromatic rings. The van der Waals surface area contributed by atoms with E-state index in [0.29, 0.717) is 23.5 Å². The first kappa shape index (κ1) is 18.5. The van der Waals surface area contributed by atoms with E-state index in [4.69, 9.17) is 4.74 Å². The minimum atomic E-state index is 0.0160. The van der Waals surface area contributed by atoms with E-state index in [1.807, 2.05) is 36.6 Å². The van der Waals surface area contributed by atoms with E-state index in [9.17, 15) is 4.79 Å².